The van der Waals surface area contributed by atoms with Crippen LogP contribution in [0.25, 0.3) is 0 Å². The summed E-state index contributed by atoms with van der Waals surface area (Å²) >= 11 is 0. The molecule has 3 heteroatoms. The largest absolute Gasteiger partial charge is 0.383 e. The molecule has 0 amide bonds. The average Bonchev–Trinajstić information content (AvgIpc) is 2.92. The van der Waals surface area contributed by atoms with Crippen molar-refractivity contribution in [3.8, 4) is 0 Å². The third-order valence-corrected chi connectivity index (χ3v) is 4.52. The van der Waals surface area contributed by atoms with E-state index in [1.807, 2.05) is 7.11 Å². The highest BCUT2D eigenvalue weighted by Gasteiger charge is 2.28. The summed E-state index contributed by atoms with van der Waals surface area (Å²) in [4.78, 5) is 2.75. The molecule has 0 bridgehead atoms. The van der Waals surface area contributed by atoms with Crippen molar-refractivity contribution in [3.05, 3.63) is 0 Å². The zero-order chi connectivity index (χ0) is 15.7. The minimum atomic E-state index is 0.524. The second-order valence-corrected chi connectivity index (χ2v) is 7.52. The molecule has 0 aromatic rings. The number of hydrogen-bond donors (Lipinski definition) is 1. The van der Waals surface area contributed by atoms with E-state index in [1.54, 1.807) is 0 Å². The minimum Gasteiger partial charge on any atom is -0.383 e. The van der Waals surface area contributed by atoms with Crippen LogP contribution in [0.2, 0.25) is 0 Å². The molecule has 1 aliphatic carbocycles. The van der Waals surface area contributed by atoms with Gasteiger partial charge in [0.2, 0.25) is 0 Å². The Morgan fingerprint density at radius 1 is 1.05 bits per heavy atom. The Kier molecular flexibility index (Phi) is 9.54. The Morgan fingerprint density at radius 2 is 1.71 bits per heavy atom. The maximum Gasteiger partial charge on any atom is 0.0630 e. The van der Waals surface area contributed by atoms with Gasteiger partial charge in [-0.3, -0.25) is 4.90 Å². The summed E-state index contributed by atoms with van der Waals surface area (Å²) in [6.45, 7) is 13.4. The van der Waals surface area contributed by atoms with Gasteiger partial charge in [-0.15, -0.1) is 0 Å². The Hall–Kier alpha value is -0.120. The molecular weight excluding hydrogens is 260 g/mol. The van der Waals surface area contributed by atoms with Crippen molar-refractivity contribution < 1.29 is 4.74 Å². The van der Waals surface area contributed by atoms with E-state index < -0.39 is 0 Å². The van der Waals surface area contributed by atoms with Gasteiger partial charge in [-0.25, -0.2) is 0 Å². The van der Waals surface area contributed by atoms with Gasteiger partial charge in [-0.1, -0.05) is 40.5 Å². The second kappa shape index (κ2) is 10.6. The molecule has 1 aliphatic rings. The number of nitrogens with zero attached hydrogens (tertiary/aromatic N) is 1. The molecule has 1 saturated carbocycles. The Labute approximate surface area is 132 Å². The van der Waals surface area contributed by atoms with Crippen molar-refractivity contribution in [3.63, 3.8) is 0 Å². The lowest BCUT2D eigenvalue weighted by molar-refractivity contribution is 0.0574. The molecule has 1 atom stereocenters. The molecule has 1 unspecified atom stereocenters. The third kappa shape index (κ3) is 7.62. The number of methoxy groups -OCH3 is 1. The van der Waals surface area contributed by atoms with Gasteiger partial charge < -0.3 is 10.1 Å². The molecule has 126 valence electrons. The molecular formula is C18H38N2O. The van der Waals surface area contributed by atoms with Crippen LogP contribution in [-0.4, -0.2) is 50.3 Å². The van der Waals surface area contributed by atoms with Crippen molar-refractivity contribution in [1.29, 1.82) is 0 Å². The van der Waals surface area contributed by atoms with Gasteiger partial charge in [0.15, 0.2) is 0 Å². The summed E-state index contributed by atoms with van der Waals surface area (Å²) in [5, 5.41) is 3.64. The molecule has 0 aliphatic heterocycles. The Bertz CT molecular complexity index is 250. The lowest BCUT2D eigenvalue weighted by atomic mass is 10.1. The van der Waals surface area contributed by atoms with Crippen LogP contribution in [0.3, 0.4) is 0 Å². The summed E-state index contributed by atoms with van der Waals surface area (Å²) in [6, 6.07) is 1.31. The molecule has 0 aromatic heterocycles. The van der Waals surface area contributed by atoms with E-state index in [-0.39, 0.29) is 0 Å². The maximum atomic E-state index is 5.53. The Morgan fingerprint density at radius 3 is 2.24 bits per heavy atom. The van der Waals surface area contributed by atoms with Crippen LogP contribution < -0.4 is 5.32 Å². The zero-order valence-corrected chi connectivity index (χ0v) is 15.0. The van der Waals surface area contributed by atoms with E-state index in [4.69, 9.17) is 4.74 Å². The van der Waals surface area contributed by atoms with Crippen LogP contribution >= 0.6 is 0 Å². The average molecular weight is 299 g/mol. The van der Waals surface area contributed by atoms with Gasteiger partial charge in [0.25, 0.3) is 0 Å². The third-order valence-electron chi connectivity index (χ3n) is 4.52. The topological polar surface area (TPSA) is 24.5 Å². The van der Waals surface area contributed by atoms with Gasteiger partial charge in [-0.05, 0) is 44.2 Å². The predicted octanol–water partition coefficient (Wildman–Crippen LogP) is 3.54. The standard InChI is InChI=1S/C18H38N2O/c1-15(2)10-11-20(17-8-6-7-9-17)18(14-21-5)13-19-12-16(3)4/h15-19H,6-14H2,1-5H3. The first-order valence-corrected chi connectivity index (χ1v) is 9.00. The highest BCUT2D eigenvalue weighted by Crippen LogP contribution is 2.26. The van der Waals surface area contributed by atoms with E-state index in [0.29, 0.717) is 12.0 Å². The van der Waals surface area contributed by atoms with Crippen molar-refractivity contribution in [1.82, 2.24) is 10.2 Å². The molecule has 0 aromatic carbocycles. The normalized spacial score (nSPS) is 18.3. The van der Waals surface area contributed by atoms with Gasteiger partial charge in [0.1, 0.15) is 0 Å². The first-order chi connectivity index (χ1) is 10.0. The lowest BCUT2D eigenvalue weighted by Crippen LogP contribution is -2.50. The number of rotatable bonds is 11. The fourth-order valence-corrected chi connectivity index (χ4v) is 3.31. The van der Waals surface area contributed by atoms with Crippen LogP contribution in [0.15, 0.2) is 0 Å². The molecule has 1 N–H and O–H groups in total. The van der Waals surface area contributed by atoms with Gasteiger partial charge in [0.05, 0.1) is 6.61 Å². The molecule has 3 nitrogen and oxygen atoms in total. The minimum absolute atomic E-state index is 0.524. The van der Waals surface area contributed by atoms with E-state index >= 15 is 0 Å². The number of hydrogen-bond acceptors (Lipinski definition) is 3. The SMILES string of the molecule is COCC(CNCC(C)C)N(CCC(C)C)C1CCCC1. The quantitative estimate of drug-likeness (QED) is 0.631. The molecule has 0 saturated heterocycles. The van der Waals surface area contributed by atoms with Crippen molar-refractivity contribution in [2.24, 2.45) is 11.8 Å². The van der Waals surface area contributed by atoms with Crippen molar-refractivity contribution in [2.45, 2.75) is 71.9 Å². The lowest BCUT2D eigenvalue weighted by Gasteiger charge is -2.37. The van der Waals surface area contributed by atoms with Crippen LogP contribution in [0.5, 0.6) is 0 Å². The molecule has 0 heterocycles. The van der Waals surface area contributed by atoms with Gasteiger partial charge >= 0.3 is 0 Å². The first kappa shape index (κ1) is 18.9. The predicted molar refractivity (Wildman–Crippen MR) is 91.8 cm³/mol. The second-order valence-electron chi connectivity index (χ2n) is 7.52. The molecule has 0 spiro atoms. The van der Waals surface area contributed by atoms with Crippen molar-refractivity contribution in [2.75, 3.05) is 33.4 Å². The number of ether oxygens (including phenoxy) is 1. The summed E-state index contributed by atoms with van der Waals surface area (Å²) in [5.74, 6) is 1.49. The van der Waals surface area contributed by atoms with Crippen LogP contribution in [0.4, 0.5) is 0 Å². The zero-order valence-electron chi connectivity index (χ0n) is 15.0. The first-order valence-electron chi connectivity index (χ1n) is 9.00. The van der Waals surface area contributed by atoms with Crippen molar-refractivity contribution >= 4 is 0 Å². The number of nitrogens with one attached hydrogen (secondary N) is 1. The van der Waals surface area contributed by atoms with E-state index in [0.717, 1.165) is 31.7 Å². The monoisotopic (exact) mass is 298 g/mol. The molecule has 1 rings (SSSR count). The van der Waals surface area contributed by atoms with Gasteiger partial charge in [-0.2, -0.15) is 0 Å². The highest BCUT2D eigenvalue weighted by molar-refractivity contribution is 4.84. The Balaban J connectivity index is 2.58. The summed E-state index contributed by atoms with van der Waals surface area (Å²) in [6.07, 6.45) is 6.86. The van der Waals surface area contributed by atoms with Crippen LogP contribution in [-0.2, 0) is 4.74 Å². The summed E-state index contributed by atoms with van der Waals surface area (Å²) in [5.41, 5.74) is 0. The molecule has 1 fully saturated rings. The van der Waals surface area contributed by atoms with E-state index in [1.165, 1.54) is 38.6 Å². The van der Waals surface area contributed by atoms with Crippen LogP contribution in [0, 0.1) is 11.8 Å². The fraction of sp³-hybridized carbons (Fsp3) is 1.00. The smallest absolute Gasteiger partial charge is 0.0630 e. The van der Waals surface area contributed by atoms with E-state index in [9.17, 15) is 0 Å². The molecule has 21 heavy (non-hydrogen) atoms. The van der Waals surface area contributed by atoms with E-state index in [2.05, 4.69) is 37.9 Å². The van der Waals surface area contributed by atoms with Gasteiger partial charge in [0, 0.05) is 25.7 Å². The van der Waals surface area contributed by atoms with Crippen LogP contribution in [0.1, 0.15) is 59.8 Å². The molecule has 0 radical (unpaired) electrons. The maximum absolute atomic E-state index is 5.53. The highest BCUT2D eigenvalue weighted by atomic mass is 16.5. The summed E-state index contributed by atoms with van der Waals surface area (Å²) < 4.78 is 5.53. The summed E-state index contributed by atoms with van der Waals surface area (Å²) in [7, 11) is 1.84. The fourth-order valence-electron chi connectivity index (χ4n) is 3.31.